The van der Waals surface area contributed by atoms with Crippen LogP contribution in [-0.2, 0) is 6.42 Å². The first-order valence-electron chi connectivity index (χ1n) is 7.05. The smallest absolute Gasteiger partial charge is 0.114 e. The Labute approximate surface area is 129 Å². The van der Waals surface area contributed by atoms with Gasteiger partial charge in [-0.3, -0.25) is 0 Å². The zero-order valence-electron chi connectivity index (χ0n) is 12.2. The molecule has 0 aliphatic carbocycles. The molecule has 4 heteroatoms. The molecule has 0 saturated heterocycles. The fourth-order valence-electron chi connectivity index (χ4n) is 2.64. The Bertz CT molecular complexity index is 773. The van der Waals surface area contributed by atoms with Gasteiger partial charge in [0.15, 0.2) is 0 Å². The number of hydrogen-bond donors (Lipinski definition) is 1. The van der Waals surface area contributed by atoms with Crippen LogP contribution in [0.1, 0.15) is 31.3 Å². The lowest BCUT2D eigenvalue weighted by atomic mass is 10.1. The van der Waals surface area contributed by atoms with Crippen molar-refractivity contribution in [2.24, 2.45) is 0 Å². The summed E-state index contributed by atoms with van der Waals surface area (Å²) in [5.74, 6) is 1.05. The lowest BCUT2D eigenvalue weighted by Crippen LogP contribution is -2.07. The Morgan fingerprint density at radius 1 is 1.14 bits per heavy atom. The van der Waals surface area contributed by atoms with Crippen LogP contribution in [0, 0.1) is 0 Å². The van der Waals surface area contributed by atoms with E-state index in [4.69, 9.17) is 22.3 Å². The van der Waals surface area contributed by atoms with Gasteiger partial charge in [-0.15, -0.1) is 0 Å². The third kappa shape index (κ3) is 2.74. The van der Waals surface area contributed by atoms with Gasteiger partial charge < -0.3 is 10.3 Å². The molecule has 0 atom stereocenters. The standard InChI is InChI=1S/C17H18ClN3/c1-11(2)21-16-8-5-13(18)10-15(16)20-17(21)9-12-3-6-14(19)7-4-12/h3-8,10-11H,9,19H2,1-2H3. The van der Waals surface area contributed by atoms with Gasteiger partial charge in [0.1, 0.15) is 5.82 Å². The van der Waals surface area contributed by atoms with Crippen LogP contribution in [0.25, 0.3) is 11.0 Å². The van der Waals surface area contributed by atoms with Crippen LogP contribution < -0.4 is 5.73 Å². The monoisotopic (exact) mass is 299 g/mol. The number of nitrogens with zero attached hydrogens (tertiary/aromatic N) is 2. The van der Waals surface area contributed by atoms with Crippen LogP contribution in [0.15, 0.2) is 42.5 Å². The van der Waals surface area contributed by atoms with E-state index >= 15 is 0 Å². The van der Waals surface area contributed by atoms with Gasteiger partial charge in [0.2, 0.25) is 0 Å². The highest BCUT2D eigenvalue weighted by Gasteiger charge is 2.13. The number of fused-ring (bicyclic) bond motifs is 1. The highest BCUT2D eigenvalue weighted by Crippen LogP contribution is 2.25. The Morgan fingerprint density at radius 2 is 1.86 bits per heavy atom. The highest BCUT2D eigenvalue weighted by molar-refractivity contribution is 6.31. The fourth-order valence-corrected chi connectivity index (χ4v) is 2.81. The van der Waals surface area contributed by atoms with Gasteiger partial charge in [-0.1, -0.05) is 23.7 Å². The van der Waals surface area contributed by atoms with E-state index in [2.05, 4.69) is 18.4 Å². The first-order chi connectivity index (χ1) is 10.0. The number of anilines is 1. The van der Waals surface area contributed by atoms with Crippen LogP contribution >= 0.6 is 11.6 Å². The van der Waals surface area contributed by atoms with Crippen LogP contribution in [-0.4, -0.2) is 9.55 Å². The summed E-state index contributed by atoms with van der Waals surface area (Å²) in [5, 5.41) is 0.718. The van der Waals surface area contributed by atoms with E-state index in [0.717, 1.165) is 34.0 Å². The molecule has 0 amide bonds. The van der Waals surface area contributed by atoms with E-state index in [-0.39, 0.29) is 0 Å². The number of nitrogen functional groups attached to an aromatic ring is 1. The van der Waals surface area contributed by atoms with Crippen molar-refractivity contribution >= 4 is 28.3 Å². The summed E-state index contributed by atoms with van der Waals surface area (Å²) >= 11 is 6.07. The largest absolute Gasteiger partial charge is 0.399 e. The predicted molar refractivity (Wildman–Crippen MR) is 88.8 cm³/mol. The Hall–Kier alpha value is -2.00. The zero-order chi connectivity index (χ0) is 15.0. The van der Waals surface area contributed by atoms with E-state index in [1.807, 2.05) is 42.5 Å². The van der Waals surface area contributed by atoms with Crippen molar-refractivity contribution in [3.63, 3.8) is 0 Å². The molecular weight excluding hydrogens is 282 g/mol. The van der Waals surface area contributed by atoms with Gasteiger partial charge in [0.25, 0.3) is 0 Å². The molecule has 3 nitrogen and oxygen atoms in total. The van der Waals surface area contributed by atoms with Crippen molar-refractivity contribution in [1.82, 2.24) is 9.55 Å². The molecule has 3 rings (SSSR count). The quantitative estimate of drug-likeness (QED) is 0.726. The molecule has 1 heterocycles. The van der Waals surface area contributed by atoms with E-state index in [9.17, 15) is 0 Å². The molecule has 2 N–H and O–H groups in total. The molecule has 0 bridgehead atoms. The minimum Gasteiger partial charge on any atom is -0.399 e. The van der Waals surface area contributed by atoms with Crippen molar-refractivity contribution in [2.45, 2.75) is 26.3 Å². The molecule has 108 valence electrons. The van der Waals surface area contributed by atoms with Crippen LogP contribution in [0.2, 0.25) is 5.02 Å². The third-order valence-electron chi connectivity index (χ3n) is 3.58. The SMILES string of the molecule is CC(C)n1c(Cc2ccc(N)cc2)nc2cc(Cl)ccc21. The summed E-state index contributed by atoms with van der Waals surface area (Å²) in [6.07, 6.45) is 0.782. The second-order valence-electron chi connectivity index (χ2n) is 5.54. The second-order valence-corrected chi connectivity index (χ2v) is 5.98. The summed E-state index contributed by atoms with van der Waals surface area (Å²) in [6, 6.07) is 14.2. The molecule has 0 unspecified atom stereocenters. The molecule has 21 heavy (non-hydrogen) atoms. The van der Waals surface area contributed by atoms with Crippen molar-refractivity contribution in [3.05, 3.63) is 58.9 Å². The zero-order valence-corrected chi connectivity index (χ0v) is 12.9. The van der Waals surface area contributed by atoms with Crippen molar-refractivity contribution < 1.29 is 0 Å². The summed E-state index contributed by atoms with van der Waals surface area (Å²) < 4.78 is 2.27. The highest BCUT2D eigenvalue weighted by atomic mass is 35.5. The predicted octanol–water partition coefficient (Wildman–Crippen LogP) is 4.44. The maximum atomic E-state index is 6.07. The van der Waals surface area contributed by atoms with Gasteiger partial charge in [-0.2, -0.15) is 0 Å². The molecule has 0 spiro atoms. The number of imidazole rings is 1. The number of nitrogens with two attached hydrogens (primary N) is 1. The summed E-state index contributed by atoms with van der Waals surface area (Å²) in [7, 11) is 0. The van der Waals surface area contributed by atoms with E-state index in [1.54, 1.807) is 0 Å². The molecule has 2 aromatic carbocycles. The van der Waals surface area contributed by atoms with Gasteiger partial charge in [-0.05, 0) is 49.7 Å². The minimum absolute atomic E-state index is 0.347. The molecular formula is C17H18ClN3. The molecule has 0 saturated carbocycles. The lowest BCUT2D eigenvalue weighted by molar-refractivity contribution is 0.591. The summed E-state index contributed by atoms with van der Waals surface area (Å²) in [6.45, 7) is 4.34. The van der Waals surface area contributed by atoms with E-state index < -0.39 is 0 Å². The number of halogens is 1. The molecule has 1 aromatic heterocycles. The molecule has 3 aromatic rings. The van der Waals surface area contributed by atoms with Crippen molar-refractivity contribution in [1.29, 1.82) is 0 Å². The molecule has 0 radical (unpaired) electrons. The maximum absolute atomic E-state index is 6.07. The number of aromatic nitrogens is 2. The third-order valence-corrected chi connectivity index (χ3v) is 3.82. The normalized spacial score (nSPS) is 11.4. The summed E-state index contributed by atoms with van der Waals surface area (Å²) in [5.41, 5.74) is 9.79. The van der Waals surface area contributed by atoms with Crippen LogP contribution in [0.3, 0.4) is 0 Å². The van der Waals surface area contributed by atoms with Crippen molar-refractivity contribution in [3.8, 4) is 0 Å². The topological polar surface area (TPSA) is 43.8 Å². The Kier molecular flexibility index (Phi) is 3.60. The van der Waals surface area contributed by atoms with Gasteiger partial charge in [0.05, 0.1) is 11.0 Å². The number of benzene rings is 2. The first kappa shape index (κ1) is 14.0. The number of hydrogen-bond acceptors (Lipinski definition) is 2. The fraction of sp³-hybridized carbons (Fsp3) is 0.235. The average Bonchev–Trinajstić information content (AvgIpc) is 2.78. The van der Waals surface area contributed by atoms with E-state index in [1.165, 1.54) is 5.56 Å². The maximum Gasteiger partial charge on any atom is 0.114 e. The van der Waals surface area contributed by atoms with Crippen LogP contribution in [0.4, 0.5) is 5.69 Å². The molecule has 0 aliphatic rings. The first-order valence-corrected chi connectivity index (χ1v) is 7.43. The number of rotatable bonds is 3. The van der Waals surface area contributed by atoms with Crippen LogP contribution in [0.5, 0.6) is 0 Å². The van der Waals surface area contributed by atoms with Gasteiger partial charge >= 0.3 is 0 Å². The second kappa shape index (κ2) is 5.41. The van der Waals surface area contributed by atoms with E-state index in [0.29, 0.717) is 6.04 Å². The van der Waals surface area contributed by atoms with Gasteiger partial charge in [0, 0.05) is 23.2 Å². The van der Waals surface area contributed by atoms with Crippen molar-refractivity contribution in [2.75, 3.05) is 5.73 Å². The summed E-state index contributed by atoms with van der Waals surface area (Å²) in [4.78, 5) is 4.76. The molecule has 0 aliphatic heterocycles. The average molecular weight is 300 g/mol. The Balaban J connectivity index is 2.08. The minimum atomic E-state index is 0.347. The molecule has 0 fully saturated rings. The Morgan fingerprint density at radius 3 is 2.52 bits per heavy atom. The van der Waals surface area contributed by atoms with Gasteiger partial charge in [-0.25, -0.2) is 4.98 Å². The lowest BCUT2D eigenvalue weighted by Gasteiger charge is -2.13.